The highest BCUT2D eigenvalue weighted by Crippen LogP contribution is 2.19. The topological polar surface area (TPSA) is 63.7 Å². The Bertz CT molecular complexity index is 1300. The number of benzene rings is 4. The van der Waals surface area contributed by atoms with Gasteiger partial charge in [-0.2, -0.15) is 0 Å². The average Bonchev–Trinajstić information content (AvgIpc) is 2.92. The van der Waals surface area contributed by atoms with Crippen LogP contribution in [0, 0.1) is 0 Å². The van der Waals surface area contributed by atoms with Crippen LogP contribution in [0.1, 0.15) is 42.2 Å². The summed E-state index contributed by atoms with van der Waals surface area (Å²) in [7, 11) is 0. The van der Waals surface area contributed by atoms with Crippen LogP contribution in [0.3, 0.4) is 0 Å². The summed E-state index contributed by atoms with van der Waals surface area (Å²) in [6, 6.07) is 32.7. The second kappa shape index (κ2) is 12.1. The maximum absolute atomic E-state index is 13.7. The molecule has 0 aliphatic rings. The molecular weight excluding hydrogens is 518 g/mol. The van der Waals surface area contributed by atoms with Gasteiger partial charge in [-0.05, 0) is 35.4 Å². The molecule has 0 unspecified atom stereocenters. The maximum Gasteiger partial charge on any atom is 0.339 e. The molecule has 0 atom stereocenters. The summed E-state index contributed by atoms with van der Waals surface area (Å²) >= 11 is 3.33. The molecule has 0 saturated carbocycles. The summed E-state index contributed by atoms with van der Waals surface area (Å²) in [6.07, 6.45) is 0. The van der Waals surface area contributed by atoms with Crippen LogP contribution in [-0.4, -0.2) is 29.2 Å². The molecule has 0 spiro atoms. The van der Waals surface area contributed by atoms with Gasteiger partial charge in [0, 0.05) is 23.1 Å². The van der Waals surface area contributed by atoms with E-state index in [1.165, 1.54) is 0 Å². The van der Waals surface area contributed by atoms with Crippen LogP contribution >= 0.6 is 15.9 Å². The molecule has 4 aromatic carbocycles. The van der Waals surface area contributed by atoms with Crippen molar-refractivity contribution in [2.24, 2.45) is 0 Å². The monoisotopic (exact) mass is 541 g/mol. The third kappa shape index (κ3) is 6.55. The van der Waals surface area contributed by atoms with Crippen molar-refractivity contribution in [2.75, 3.05) is 6.61 Å². The molecule has 36 heavy (non-hydrogen) atoms. The Morgan fingerprint density at radius 2 is 1.14 bits per heavy atom. The summed E-state index contributed by atoms with van der Waals surface area (Å²) in [4.78, 5) is 40.8. The number of ketones is 1. The van der Waals surface area contributed by atoms with Crippen molar-refractivity contribution in [2.45, 2.75) is 13.1 Å². The minimum Gasteiger partial charge on any atom is -0.454 e. The van der Waals surface area contributed by atoms with Crippen LogP contribution in [0.15, 0.2) is 114 Å². The lowest BCUT2D eigenvalue weighted by Gasteiger charge is -2.24. The van der Waals surface area contributed by atoms with Gasteiger partial charge in [-0.15, -0.1) is 0 Å². The Balaban J connectivity index is 1.54. The molecule has 0 bridgehead atoms. The predicted octanol–water partition coefficient (Wildman–Crippen LogP) is 6.33. The first-order chi connectivity index (χ1) is 17.5. The van der Waals surface area contributed by atoms with Crippen molar-refractivity contribution in [3.05, 3.63) is 141 Å². The quantitative estimate of drug-likeness (QED) is 0.183. The third-order valence-corrected chi connectivity index (χ3v) is 6.13. The van der Waals surface area contributed by atoms with E-state index in [-0.39, 0.29) is 22.8 Å². The van der Waals surface area contributed by atoms with E-state index in [0.717, 1.165) is 15.6 Å². The summed E-state index contributed by atoms with van der Waals surface area (Å²) < 4.78 is 6.16. The van der Waals surface area contributed by atoms with E-state index in [2.05, 4.69) is 15.9 Å². The van der Waals surface area contributed by atoms with Crippen LogP contribution in [0.2, 0.25) is 0 Å². The van der Waals surface area contributed by atoms with E-state index in [4.69, 9.17) is 4.74 Å². The lowest BCUT2D eigenvalue weighted by molar-refractivity contribution is 0.0469. The van der Waals surface area contributed by atoms with Gasteiger partial charge in [0.1, 0.15) is 0 Å². The molecule has 5 nitrogen and oxygen atoms in total. The predicted molar refractivity (Wildman–Crippen MR) is 142 cm³/mol. The van der Waals surface area contributed by atoms with Crippen LogP contribution in [0.25, 0.3) is 0 Å². The van der Waals surface area contributed by atoms with Crippen LogP contribution in [0.4, 0.5) is 0 Å². The highest BCUT2D eigenvalue weighted by molar-refractivity contribution is 9.10. The van der Waals surface area contributed by atoms with Crippen molar-refractivity contribution in [1.82, 2.24) is 4.90 Å². The second-order valence-electron chi connectivity index (χ2n) is 8.18. The number of nitrogens with zero attached hydrogens (tertiary/aromatic N) is 1. The van der Waals surface area contributed by atoms with Crippen LogP contribution < -0.4 is 0 Å². The lowest BCUT2D eigenvalue weighted by atomic mass is 10.0. The zero-order chi connectivity index (χ0) is 25.3. The fourth-order valence-corrected chi connectivity index (χ4v) is 4.02. The highest BCUT2D eigenvalue weighted by atomic mass is 79.9. The number of rotatable bonds is 9. The minimum absolute atomic E-state index is 0.122. The van der Waals surface area contributed by atoms with E-state index in [9.17, 15) is 14.4 Å². The Labute approximate surface area is 218 Å². The van der Waals surface area contributed by atoms with E-state index < -0.39 is 12.6 Å². The molecular formula is C30H24BrNO4. The number of esters is 1. The highest BCUT2D eigenvalue weighted by Gasteiger charge is 2.24. The van der Waals surface area contributed by atoms with Gasteiger partial charge < -0.3 is 9.64 Å². The van der Waals surface area contributed by atoms with Gasteiger partial charge in [0.25, 0.3) is 5.91 Å². The van der Waals surface area contributed by atoms with Crippen molar-refractivity contribution < 1.29 is 19.1 Å². The average molecular weight is 542 g/mol. The fourth-order valence-electron chi connectivity index (χ4n) is 3.75. The molecule has 0 heterocycles. The fraction of sp³-hybridized carbons (Fsp3) is 0.100. The molecule has 0 fully saturated rings. The van der Waals surface area contributed by atoms with E-state index in [1.807, 2.05) is 60.7 Å². The van der Waals surface area contributed by atoms with Gasteiger partial charge in [-0.1, -0.05) is 101 Å². The van der Waals surface area contributed by atoms with Gasteiger partial charge in [-0.25, -0.2) is 4.79 Å². The Morgan fingerprint density at radius 3 is 1.69 bits per heavy atom. The molecule has 0 aliphatic heterocycles. The lowest BCUT2D eigenvalue weighted by Crippen LogP contribution is -2.31. The van der Waals surface area contributed by atoms with Gasteiger partial charge in [0.2, 0.25) is 0 Å². The Hall–Kier alpha value is -4.03. The smallest absolute Gasteiger partial charge is 0.339 e. The number of halogens is 1. The number of ether oxygens (including phenoxy) is 1. The molecule has 1 amide bonds. The number of Topliss-reactive ketones (excluding diaryl/α,β-unsaturated/α-hetero) is 1. The second-order valence-corrected chi connectivity index (χ2v) is 9.10. The van der Waals surface area contributed by atoms with E-state index in [1.54, 1.807) is 53.4 Å². The van der Waals surface area contributed by atoms with Crippen LogP contribution in [-0.2, 0) is 17.8 Å². The summed E-state index contributed by atoms with van der Waals surface area (Å²) in [5, 5.41) is 0. The maximum atomic E-state index is 13.7. The third-order valence-electron chi connectivity index (χ3n) is 5.60. The number of hydrogen-bond donors (Lipinski definition) is 0. The standard InChI is InChI=1S/C30H24BrNO4/c31-25-17-15-24(16-18-25)28(33)21-36-30(35)27-14-8-7-13-26(27)29(34)32(19-22-9-3-1-4-10-22)20-23-11-5-2-6-12-23/h1-18H,19-21H2. The van der Waals surface area contributed by atoms with E-state index >= 15 is 0 Å². The number of carbonyl (C=O) groups excluding carboxylic acids is 3. The first-order valence-corrected chi connectivity index (χ1v) is 12.2. The normalized spacial score (nSPS) is 10.5. The number of amides is 1. The number of hydrogen-bond acceptors (Lipinski definition) is 4. The largest absolute Gasteiger partial charge is 0.454 e. The molecule has 180 valence electrons. The van der Waals surface area contributed by atoms with E-state index in [0.29, 0.717) is 18.7 Å². The van der Waals surface area contributed by atoms with Crippen LogP contribution in [0.5, 0.6) is 0 Å². The zero-order valence-electron chi connectivity index (χ0n) is 19.5. The van der Waals surface area contributed by atoms with Gasteiger partial charge in [-0.3, -0.25) is 9.59 Å². The van der Waals surface area contributed by atoms with Gasteiger partial charge in [0.15, 0.2) is 12.4 Å². The van der Waals surface area contributed by atoms with Crippen molar-refractivity contribution in [3.8, 4) is 0 Å². The SMILES string of the molecule is O=C(COC(=O)c1ccccc1C(=O)N(Cc1ccccc1)Cc1ccccc1)c1ccc(Br)cc1. The molecule has 4 rings (SSSR count). The first-order valence-electron chi connectivity index (χ1n) is 11.4. The summed E-state index contributed by atoms with van der Waals surface area (Å²) in [6.45, 7) is 0.334. The summed E-state index contributed by atoms with van der Waals surface area (Å²) in [5.74, 6) is -1.34. The minimum atomic E-state index is -0.719. The van der Waals surface area contributed by atoms with Crippen molar-refractivity contribution >= 4 is 33.6 Å². The molecule has 0 N–H and O–H groups in total. The molecule has 0 aromatic heterocycles. The molecule has 6 heteroatoms. The molecule has 0 radical (unpaired) electrons. The molecule has 0 saturated heterocycles. The Morgan fingerprint density at radius 1 is 0.639 bits per heavy atom. The molecule has 0 aliphatic carbocycles. The first kappa shape index (κ1) is 25.1. The van der Waals surface area contributed by atoms with Gasteiger partial charge >= 0.3 is 5.97 Å². The summed E-state index contributed by atoms with van der Waals surface area (Å²) in [5.41, 5.74) is 2.74. The Kier molecular flexibility index (Phi) is 8.42. The zero-order valence-corrected chi connectivity index (χ0v) is 21.1. The van der Waals surface area contributed by atoms with Crippen molar-refractivity contribution in [1.29, 1.82) is 0 Å². The molecule has 4 aromatic rings. The van der Waals surface area contributed by atoms with Crippen molar-refractivity contribution in [3.63, 3.8) is 0 Å². The van der Waals surface area contributed by atoms with Gasteiger partial charge in [0.05, 0.1) is 11.1 Å². The number of carbonyl (C=O) groups is 3.